The fraction of sp³-hybridized carbons (Fsp3) is 0.469. The molecule has 7 atom stereocenters. The molecule has 1 aliphatic heterocycles. The minimum atomic E-state index is -2.34. The van der Waals surface area contributed by atoms with Gasteiger partial charge >= 0.3 is 0 Å². The molecule has 1 heterocycles. The molecule has 2 aromatic carbocycles. The van der Waals surface area contributed by atoms with Gasteiger partial charge < -0.3 is 45.1 Å². The van der Waals surface area contributed by atoms with Gasteiger partial charge in [0, 0.05) is 55.1 Å². The summed E-state index contributed by atoms with van der Waals surface area (Å²) in [6.45, 7) is 0.426. The number of nitrogens with one attached hydrogen (secondary N) is 2. The Hall–Kier alpha value is -3.84. The third-order valence-electron chi connectivity index (χ3n) is 8.94. The number of carbonyl (C=O) groups is 5. The third kappa shape index (κ3) is 6.84. The average Bonchev–Trinajstić information content (AvgIpc) is 3.05. The molecule has 2 aliphatic carbocycles. The van der Waals surface area contributed by atoms with E-state index in [9.17, 15) is 49.5 Å². The van der Waals surface area contributed by atoms with Crippen molar-refractivity contribution in [1.29, 1.82) is 0 Å². The molecule has 5 rings (SSSR count). The number of rotatable bonds is 10. The topological polar surface area (TPSA) is 238 Å². The lowest BCUT2D eigenvalue weighted by atomic mass is 9.72. The van der Waals surface area contributed by atoms with E-state index in [1.54, 1.807) is 6.26 Å². The standard InChI is InChI=1S/C32H36N2O13S2/c1-13-27(39)16(33-20(37)7-8-21(38)34-49(3)48)9-22(46-13)47-18-11-32(44,19(36)12-35)10-15-24(18)31(43)26-25(29(15)41)28(40)14-5-4-6-17(45-2)23(14)30(26)42/h4-6,13,16,18,22,27,35,39,41,43-44H,7-12H2,1-3H3,(H,33,37)(H,34,38)/t13-,16-,18-,22-,27+,32-,49?/m0/s1. The number of fused-ring (bicyclic) bond motifs is 3. The molecule has 15 nitrogen and oxygen atoms in total. The maximum absolute atomic E-state index is 13.8. The smallest absolute Gasteiger partial charge is 0.230 e. The number of hydrogen-bond donors (Lipinski definition) is 7. The van der Waals surface area contributed by atoms with Gasteiger partial charge in [-0.3, -0.25) is 28.7 Å². The quantitative estimate of drug-likeness (QED) is 0.133. The number of ketones is 3. The number of hydrogen-bond acceptors (Lipinski definition) is 14. The van der Waals surface area contributed by atoms with Crippen LogP contribution in [0.15, 0.2) is 18.2 Å². The Morgan fingerprint density at radius 3 is 2.41 bits per heavy atom. The molecule has 0 bridgehead atoms. The number of Topliss-reactive ketones (excluding diaryl/α,β-unsaturated/α-hetero) is 1. The minimum Gasteiger partial charge on any atom is -0.507 e. The Kier molecular flexibility index (Phi) is 10.5. The number of aliphatic hydroxyl groups is 3. The van der Waals surface area contributed by atoms with E-state index in [0.717, 1.165) is 0 Å². The number of carbonyl (C=O) groups excluding carboxylic acids is 5. The highest BCUT2D eigenvalue weighted by molar-refractivity contribution is 8.27. The normalized spacial score (nSPS) is 26.5. The molecule has 0 aromatic heterocycles. The largest absolute Gasteiger partial charge is 0.507 e. The second-order valence-corrected chi connectivity index (χ2v) is 14.8. The Labute approximate surface area is 287 Å². The molecule has 0 radical (unpaired) electrons. The Balaban J connectivity index is 1.50. The van der Waals surface area contributed by atoms with Crippen molar-refractivity contribution >= 4 is 50.0 Å². The lowest BCUT2D eigenvalue weighted by Gasteiger charge is -2.43. The van der Waals surface area contributed by atoms with Gasteiger partial charge in [0.25, 0.3) is 0 Å². The van der Waals surface area contributed by atoms with Gasteiger partial charge in [0.1, 0.15) is 35.6 Å². The first kappa shape index (κ1) is 36.4. The second-order valence-electron chi connectivity index (χ2n) is 12.1. The van der Waals surface area contributed by atoms with Gasteiger partial charge in [-0.25, -0.2) is 0 Å². The van der Waals surface area contributed by atoms with E-state index in [2.05, 4.69) is 10.0 Å². The van der Waals surface area contributed by atoms with Crippen molar-refractivity contribution in [3.63, 3.8) is 0 Å². The average molecular weight is 721 g/mol. The summed E-state index contributed by atoms with van der Waals surface area (Å²) < 4.78 is 19.8. The van der Waals surface area contributed by atoms with E-state index in [4.69, 9.17) is 25.4 Å². The van der Waals surface area contributed by atoms with Gasteiger partial charge in [0.15, 0.2) is 17.9 Å². The van der Waals surface area contributed by atoms with Crippen LogP contribution < -0.4 is 14.8 Å². The molecule has 7 N–H and O–H groups in total. The van der Waals surface area contributed by atoms with Gasteiger partial charge in [-0.1, -0.05) is 12.1 Å². The van der Waals surface area contributed by atoms with E-state index in [0.29, 0.717) is 0 Å². The maximum atomic E-state index is 13.8. The number of phenols is 2. The van der Waals surface area contributed by atoms with Crippen LogP contribution in [-0.2, 0) is 51.1 Å². The van der Waals surface area contributed by atoms with Crippen molar-refractivity contribution in [2.24, 2.45) is 0 Å². The third-order valence-corrected chi connectivity index (χ3v) is 9.71. The Morgan fingerprint density at radius 1 is 1.08 bits per heavy atom. The Bertz CT molecular complexity index is 1760. The fourth-order valence-corrected chi connectivity index (χ4v) is 7.28. The van der Waals surface area contributed by atoms with Gasteiger partial charge in [0.05, 0.1) is 42.0 Å². The molecule has 17 heteroatoms. The number of benzene rings is 2. The zero-order valence-electron chi connectivity index (χ0n) is 26.7. The van der Waals surface area contributed by atoms with Gasteiger partial charge in [-0.2, -0.15) is 0 Å². The molecule has 2 aromatic rings. The molecule has 49 heavy (non-hydrogen) atoms. The number of ether oxygens (including phenoxy) is 3. The number of phenolic OH excluding ortho intramolecular Hbond substituents is 2. The highest BCUT2D eigenvalue weighted by Gasteiger charge is 2.50. The molecule has 1 saturated heterocycles. The maximum Gasteiger partial charge on any atom is 0.230 e. The number of methoxy groups -OCH3 is 1. The molecule has 0 spiro atoms. The van der Waals surface area contributed by atoms with Gasteiger partial charge in [0.2, 0.25) is 17.6 Å². The van der Waals surface area contributed by atoms with Crippen LogP contribution in [0, 0.1) is 0 Å². The lowest BCUT2D eigenvalue weighted by molar-refractivity contribution is -0.249. The number of aromatic hydroxyl groups is 2. The van der Waals surface area contributed by atoms with E-state index in [-0.39, 0.29) is 47.3 Å². The fourth-order valence-electron chi connectivity index (χ4n) is 6.58. The summed E-state index contributed by atoms with van der Waals surface area (Å²) in [4.78, 5) is 65.0. The van der Waals surface area contributed by atoms with Crippen molar-refractivity contribution in [2.75, 3.05) is 20.0 Å². The summed E-state index contributed by atoms with van der Waals surface area (Å²) in [6, 6.07) is 3.34. The van der Waals surface area contributed by atoms with Crippen molar-refractivity contribution in [1.82, 2.24) is 10.0 Å². The first-order chi connectivity index (χ1) is 23.1. The highest BCUT2D eigenvalue weighted by Crippen LogP contribution is 2.52. The number of aliphatic hydroxyl groups excluding tert-OH is 2. The SMILES string of the molecule is COc1cccc2c1C(=O)c1c(O)c3c(c(O)c1C2=O)C[C@@](O)(C(=O)CO)C[C@@H]3O[C@H]1C[C@H](NC(=O)CCC(=O)NS(C)=S)[C@H](O)[C@H](C)O1. The summed E-state index contributed by atoms with van der Waals surface area (Å²) in [5, 5.41) is 57.7. The van der Waals surface area contributed by atoms with Crippen LogP contribution in [0.1, 0.15) is 81.7 Å². The zero-order chi connectivity index (χ0) is 35.9. The summed E-state index contributed by atoms with van der Waals surface area (Å²) >= 11 is 4.94. The predicted molar refractivity (Wildman–Crippen MR) is 174 cm³/mol. The summed E-state index contributed by atoms with van der Waals surface area (Å²) in [6.07, 6.45) is -4.97. The molecule has 1 fully saturated rings. The van der Waals surface area contributed by atoms with Crippen molar-refractivity contribution in [3.8, 4) is 17.2 Å². The molecular formula is C32H36N2O13S2. The van der Waals surface area contributed by atoms with Crippen LogP contribution >= 0.6 is 0 Å². The Morgan fingerprint density at radius 2 is 1.76 bits per heavy atom. The summed E-state index contributed by atoms with van der Waals surface area (Å²) in [5.74, 6) is -5.07. The first-order valence-corrected chi connectivity index (χ1v) is 17.8. The predicted octanol–water partition coefficient (Wildman–Crippen LogP) is -0.320. The molecule has 3 aliphatic rings. The van der Waals surface area contributed by atoms with E-state index in [1.807, 2.05) is 0 Å². The molecule has 1 unspecified atom stereocenters. The highest BCUT2D eigenvalue weighted by atomic mass is 32.8. The van der Waals surface area contributed by atoms with Crippen molar-refractivity contribution < 1.29 is 63.7 Å². The summed E-state index contributed by atoms with van der Waals surface area (Å²) in [5.41, 5.74) is -4.09. The second kappa shape index (κ2) is 14.2. The van der Waals surface area contributed by atoms with Crippen LogP contribution in [0.3, 0.4) is 0 Å². The monoisotopic (exact) mass is 720 g/mol. The van der Waals surface area contributed by atoms with Crippen LogP contribution in [0.5, 0.6) is 17.2 Å². The van der Waals surface area contributed by atoms with Crippen LogP contribution in [-0.4, -0.2) is 105 Å². The van der Waals surface area contributed by atoms with Crippen molar-refractivity contribution in [3.05, 3.63) is 51.6 Å². The molecule has 2 amide bonds. The molecular weight excluding hydrogens is 684 g/mol. The lowest BCUT2D eigenvalue weighted by Crippen LogP contribution is -2.56. The first-order valence-electron chi connectivity index (χ1n) is 15.3. The van der Waals surface area contributed by atoms with Crippen LogP contribution in [0.25, 0.3) is 0 Å². The summed E-state index contributed by atoms with van der Waals surface area (Å²) in [7, 11) is 0.521. The van der Waals surface area contributed by atoms with E-state index in [1.165, 1.54) is 32.2 Å². The molecule has 0 saturated carbocycles. The van der Waals surface area contributed by atoms with Gasteiger partial charge in [-0.05, 0) is 33.8 Å². The van der Waals surface area contributed by atoms with Crippen molar-refractivity contribution in [2.45, 2.75) is 75.3 Å². The number of amides is 2. The van der Waals surface area contributed by atoms with Gasteiger partial charge in [-0.15, -0.1) is 0 Å². The zero-order valence-corrected chi connectivity index (χ0v) is 28.3. The van der Waals surface area contributed by atoms with E-state index < -0.39 is 117 Å². The van der Waals surface area contributed by atoms with E-state index >= 15 is 0 Å². The minimum absolute atomic E-state index is 0.0565. The molecule has 264 valence electrons. The van der Waals surface area contributed by atoms with Crippen LogP contribution in [0.2, 0.25) is 0 Å². The van der Waals surface area contributed by atoms with Crippen LogP contribution in [0.4, 0.5) is 0 Å².